The van der Waals surface area contributed by atoms with E-state index in [1.54, 1.807) is 21.1 Å². The molecule has 0 spiro atoms. The van der Waals surface area contributed by atoms with Gasteiger partial charge in [-0.1, -0.05) is 18.2 Å². The molecule has 4 heteroatoms. The van der Waals surface area contributed by atoms with E-state index in [2.05, 4.69) is 11.8 Å². The van der Waals surface area contributed by atoms with Crippen LogP contribution >= 0.6 is 0 Å². The van der Waals surface area contributed by atoms with Crippen LogP contribution in [0.15, 0.2) is 24.3 Å². The van der Waals surface area contributed by atoms with Crippen molar-refractivity contribution in [2.45, 2.75) is 26.0 Å². The maximum atomic E-state index is 9.90. The van der Waals surface area contributed by atoms with Crippen molar-refractivity contribution >= 4 is 5.69 Å². The molecule has 0 heterocycles. The number of para-hydroxylation sites is 1. The third-order valence-electron chi connectivity index (χ3n) is 3.17. The fraction of sp³-hybridized carbons (Fsp3) is 0.600. The summed E-state index contributed by atoms with van der Waals surface area (Å²) in [6, 6.07) is 8.14. The molecule has 0 aliphatic rings. The fourth-order valence-corrected chi connectivity index (χ4v) is 2.20. The topological polar surface area (TPSA) is 41.9 Å². The Kier molecular flexibility index (Phi) is 6.84. The molecule has 2 atom stereocenters. The number of aliphatic hydroxyl groups is 1. The number of benzene rings is 1. The van der Waals surface area contributed by atoms with Crippen LogP contribution in [0.3, 0.4) is 0 Å². The molecule has 19 heavy (non-hydrogen) atoms. The van der Waals surface area contributed by atoms with Crippen LogP contribution in [0.2, 0.25) is 0 Å². The molecule has 0 radical (unpaired) electrons. The van der Waals surface area contributed by atoms with Gasteiger partial charge < -0.3 is 19.5 Å². The lowest BCUT2D eigenvalue weighted by Crippen LogP contribution is -2.39. The Morgan fingerprint density at radius 3 is 2.42 bits per heavy atom. The summed E-state index contributed by atoms with van der Waals surface area (Å²) in [5, 5.41) is 9.90. The number of nitrogens with zero attached hydrogens (tertiary/aromatic N) is 1. The lowest BCUT2D eigenvalue weighted by molar-refractivity contribution is 0.169. The summed E-state index contributed by atoms with van der Waals surface area (Å²) in [5.41, 5.74) is 1.97. The highest BCUT2D eigenvalue weighted by Crippen LogP contribution is 2.27. The maximum Gasteiger partial charge on any atom is 0.0781 e. The first-order valence-corrected chi connectivity index (χ1v) is 6.63. The van der Waals surface area contributed by atoms with Gasteiger partial charge in [-0.05, 0) is 19.9 Å². The number of ether oxygens (including phenoxy) is 2. The van der Waals surface area contributed by atoms with E-state index in [4.69, 9.17) is 9.47 Å². The summed E-state index contributed by atoms with van der Waals surface area (Å²) in [4.78, 5) is 2.22. The summed E-state index contributed by atoms with van der Waals surface area (Å²) < 4.78 is 10.4. The molecule has 1 aromatic carbocycles. The van der Waals surface area contributed by atoms with Crippen LogP contribution in [-0.4, -0.2) is 45.1 Å². The lowest BCUT2D eigenvalue weighted by Gasteiger charge is -2.33. The third kappa shape index (κ3) is 4.49. The van der Waals surface area contributed by atoms with Gasteiger partial charge in [0.15, 0.2) is 0 Å². The molecule has 0 saturated heterocycles. The number of aliphatic hydroxyl groups excluding tert-OH is 1. The molecule has 1 unspecified atom stereocenters. The van der Waals surface area contributed by atoms with Crippen molar-refractivity contribution in [3.05, 3.63) is 29.8 Å². The molecule has 0 saturated carbocycles. The number of anilines is 1. The van der Waals surface area contributed by atoms with E-state index < -0.39 is 6.10 Å². The maximum absolute atomic E-state index is 9.90. The average Bonchev–Trinajstić information content (AvgIpc) is 2.40. The highest BCUT2D eigenvalue weighted by molar-refractivity contribution is 5.55. The van der Waals surface area contributed by atoms with Gasteiger partial charge in [0.05, 0.1) is 19.3 Å². The number of methoxy groups -OCH3 is 2. The third-order valence-corrected chi connectivity index (χ3v) is 3.17. The van der Waals surface area contributed by atoms with E-state index in [1.807, 2.05) is 24.3 Å². The van der Waals surface area contributed by atoms with Gasteiger partial charge in [0.25, 0.3) is 0 Å². The van der Waals surface area contributed by atoms with E-state index in [9.17, 15) is 5.11 Å². The highest BCUT2D eigenvalue weighted by Gasteiger charge is 2.18. The second-order valence-corrected chi connectivity index (χ2v) is 4.73. The first-order chi connectivity index (χ1) is 9.11. The van der Waals surface area contributed by atoms with Crippen molar-refractivity contribution in [1.82, 2.24) is 0 Å². The molecule has 1 aromatic rings. The molecule has 0 aromatic heterocycles. The van der Waals surface area contributed by atoms with Crippen molar-refractivity contribution < 1.29 is 14.6 Å². The quantitative estimate of drug-likeness (QED) is 0.784. The predicted octanol–water partition coefficient (Wildman–Crippen LogP) is 2.23. The van der Waals surface area contributed by atoms with Crippen molar-refractivity contribution in [2.24, 2.45) is 0 Å². The Bertz CT molecular complexity index is 368. The predicted molar refractivity (Wildman–Crippen MR) is 77.6 cm³/mol. The second-order valence-electron chi connectivity index (χ2n) is 4.73. The molecule has 1 N–H and O–H groups in total. The minimum Gasteiger partial charge on any atom is -0.389 e. The summed E-state index contributed by atoms with van der Waals surface area (Å²) >= 11 is 0. The van der Waals surface area contributed by atoms with Crippen LogP contribution < -0.4 is 4.90 Å². The summed E-state index contributed by atoms with van der Waals surface area (Å²) in [6.07, 6.45) is -0.490. The first kappa shape index (κ1) is 16.0. The molecule has 0 aliphatic carbocycles. The first-order valence-electron chi connectivity index (χ1n) is 6.63. The number of hydrogen-bond acceptors (Lipinski definition) is 4. The SMILES string of the molecule is COCCN(c1ccccc1[C@H](C)O)C(C)COC. The van der Waals surface area contributed by atoms with Crippen LogP contribution in [0.25, 0.3) is 0 Å². The summed E-state index contributed by atoms with van der Waals surface area (Å²) in [5.74, 6) is 0. The Morgan fingerprint density at radius 2 is 1.84 bits per heavy atom. The number of rotatable bonds is 8. The summed E-state index contributed by atoms with van der Waals surface area (Å²) in [6.45, 7) is 5.94. The van der Waals surface area contributed by atoms with Gasteiger partial charge in [0.1, 0.15) is 0 Å². The van der Waals surface area contributed by atoms with Crippen molar-refractivity contribution in [2.75, 3.05) is 38.9 Å². The van der Waals surface area contributed by atoms with Gasteiger partial charge >= 0.3 is 0 Å². The van der Waals surface area contributed by atoms with E-state index >= 15 is 0 Å². The van der Waals surface area contributed by atoms with Crippen LogP contribution in [0.5, 0.6) is 0 Å². The second kappa shape index (κ2) is 8.15. The van der Waals surface area contributed by atoms with Crippen LogP contribution in [0.1, 0.15) is 25.5 Å². The normalized spacial score (nSPS) is 14.2. The zero-order chi connectivity index (χ0) is 14.3. The standard InChI is InChI=1S/C15H25NO3/c1-12(11-19-4)16(9-10-18-3)15-8-6-5-7-14(15)13(2)17/h5-8,12-13,17H,9-11H2,1-4H3/t12?,13-/m0/s1. The lowest BCUT2D eigenvalue weighted by atomic mass is 10.1. The van der Waals surface area contributed by atoms with E-state index in [1.165, 1.54) is 0 Å². The fourth-order valence-electron chi connectivity index (χ4n) is 2.20. The minimum absolute atomic E-state index is 0.222. The molecular weight excluding hydrogens is 242 g/mol. The van der Waals surface area contributed by atoms with Gasteiger partial charge in [0, 0.05) is 38.1 Å². The Morgan fingerprint density at radius 1 is 1.16 bits per heavy atom. The van der Waals surface area contributed by atoms with Gasteiger partial charge in [0.2, 0.25) is 0 Å². The Balaban J connectivity index is 3.02. The zero-order valence-electron chi connectivity index (χ0n) is 12.3. The minimum atomic E-state index is -0.490. The van der Waals surface area contributed by atoms with Gasteiger partial charge in [-0.2, -0.15) is 0 Å². The van der Waals surface area contributed by atoms with E-state index in [0.29, 0.717) is 13.2 Å². The van der Waals surface area contributed by atoms with Gasteiger partial charge in [-0.15, -0.1) is 0 Å². The molecular formula is C15H25NO3. The van der Waals surface area contributed by atoms with Gasteiger partial charge in [-0.3, -0.25) is 0 Å². The number of hydrogen-bond donors (Lipinski definition) is 1. The van der Waals surface area contributed by atoms with Crippen LogP contribution in [0, 0.1) is 0 Å². The van der Waals surface area contributed by atoms with Crippen molar-refractivity contribution in [3.8, 4) is 0 Å². The Hall–Kier alpha value is -1.10. The molecule has 0 bridgehead atoms. The highest BCUT2D eigenvalue weighted by atomic mass is 16.5. The van der Waals surface area contributed by atoms with E-state index in [-0.39, 0.29) is 6.04 Å². The average molecular weight is 267 g/mol. The van der Waals surface area contributed by atoms with E-state index in [0.717, 1.165) is 17.8 Å². The summed E-state index contributed by atoms with van der Waals surface area (Å²) in [7, 11) is 3.39. The van der Waals surface area contributed by atoms with Crippen molar-refractivity contribution in [1.29, 1.82) is 0 Å². The zero-order valence-corrected chi connectivity index (χ0v) is 12.3. The molecule has 1 rings (SSSR count). The molecule has 0 aliphatic heterocycles. The van der Waals surface area contributed by atoms with Crippen LogP contribution in [0.4, 0.5) is 5.69 Å². The van der Waals surface area contributed by atoms with Crippen molar-refractivity contribution in [3.63, 3.8) is 0 Å². The largest absolute Gasteiger partial charge is 0.389 e. The molecule has 0 amide bonds. The smallest absolute Gasteiger partial charge is 0.0781 e. The molecule has 108 valence electrons. The monoisotopic (exact) mass is 267 g/mol. The van der Waals surface area contributed by atoms with Crippen LogP contribution in [-0.2, 0) is 9.47 Å². The van der Waals surface area contributed by atoms with Gasteiger partial charge in [-0.25, -0.2) is 0 Å². The molecule has 0 fully saturated rings. The molecule has 4 nitrogen and oxygen atoms in total. The Labute approximate surface area is 115 Å².